The number of carboxylic acid groups (broad SMARTS) is 1. The highest BCUT2D eigenvalue weighted by Gasteiger charge is 2.35. The topological polar surface area (TPSA) is 60.8 Å². The average molecular weight is 185 g/mol. The van der Waals surface area contributed by atoms with Gasteiger partial charge in [-0.25, -0.2) is 4.79 Å². The molecule has 74 valence electrons. The van der Waals surface area contributed by atoms with Gasteiger partial charge in [0, 0.05) is 6.04 Å². The van der Waals surface area contributed by atoms with Crippen molar-refractivity contribution in [2.45, 2.75) is 31.3 Å². The van der Waals surface area contributed by atoms with Crippen LogP contribution in [0.1, 0.15) is 19.3 Å². The van der Waals surface area contributed by atoms with Gasteiger partial charge in [-0.05, 0) is 19.3 Å². The molecular weight excluding hydrogens is 170 g/mol. The van der Waals surface area contributed by atoms with Crippen molar-refractivity contribution in [1.82, 2.24) is 4.90 Å². The number of aliphatic hydroxyl groups is 1. The molecule has 13 heavy (non-hydrogen) atoms. The van der Waals surface area contributed by atoms with Gasteiger partial charge in [0.2, 0.25) is 0 Å². The fourth-order valence-electron chi connectivity index (χ4n) is 1.88. The van der Waals surface area contributed by atoms with Crippen LogP contribution in [0.2, 0.25) is 0 Å². The minimum Gasteiger partial charge on any atom is -0.465 e. The zero-order valence-corrected chi connectivity index (χ0v) is 7.52. The van der Waals surface area contributed by atoms with E-state index in [0.29, 0.717) is 6.42 Å². The highest BCUT2D eigenvalue weighted by molar-refractivity contribution is 5.66. The first-order chi connectivity index (χ1) is 6.20. The Kier molecular flexibility index (Phi) is 3.31. The van der Waals surface area contributed by atoms with Gasteiger partial charge >= 0.3 is 6.09 Å². The Morgan fingerprint density at radius 2 is 2.15 bits per heavy atom. The lowest BCUT2D eigenvalue weighted by Crippen LogP contribution is -2.41. The third-order valence-corrected chi connectivity index (χ3v) is 2.49. The largest absolute Gasteiger partial charge is 0.465 e. The van der Waals surface area contributed by atoms with Crippen LogP contribution in [0.25, 0.3) is 0 Å². The predicted molar refractivity (Wildman–Crippen MR) is 48.6 cm³/mol. The van der Waals surface area contributed by atoms with Crippen molar-refractivity contribution >= 4 is 6.09 Å². The molecule has 1 heterocycles. The Morgan fingerprint density at radius 3 is 2.62 bits per heavy atom. The minimum absolute atomic E-state index is 0.00662. The maximum absolute atomic E-state index is 10.8. The Balaban J connectivity index is 2.66. The Bertz CT molecular complexity index is 205. The molecule has 1 aliphatic rings. The average Bonchev–Trinajstić information content (AvgIpc) is 2.48. The quantitative estimate of drug-likeness (QED) is 0.646. The molecule has 0 unspecified atom stereocenters. The maximum atomic E-state index is 10.8. The number of likely N-dealkylation sites (tertiary alicyclic amines) is 1. The lowest BCUT2D eigenvalue weighted by atomic mass is 10.1. The predicted octanol–water partition coefficient (Wildman–Crippen LogP) is 1.07. The van der Waals surface area contributed by atoms with Crippen LogP contribution in [0.4, 0.5) is 4.79 Å². The van der Waals surface area contributed by atoms with Gasteiger partial charge in [-0.1, -0.05) is 6.08 Å². The summed E-state index contributed by atoms with van der Waals surface area (Å²) in [4.78, 5) is 12.2. The number of rotatable bonds is 3. The molecule has 0 aromatic heterocycles. The summed E-state index contributed by atoms with van der Waals surface area (Å²) in [5.74, 6) is 0. The smallest absolute Gasteiger partial charge is 0.407 e. The molecule has 2 N–H and O–H groups in total. The minimum atomic E-state index is -0.941. The monoisotopic (exact) mass is 185 g/mol. The van der Waals surface area contributed by atoms with Crippen molar-refractivity contribution in [3.8, 4) is 0 Å². The molecule has 0 saturated carbocycles. The first kappa shape index (κ1) is 10.1. The third-order valence-electron chi connectivity index (χ3n) is 2.49. The molecule has 1 amide bonds. The highest BCUT2D eigenvalue weighted by atomic mass is 16.4. The van der Waals surface area contributed by atoms with Crippen LogP contribution in [0, 0.1) is 0 Å². The van der Waals surface area contributed by atoms with Crippen molar-refractivity contribution in [1.29, 1.82) is 0 Å². The second-order valence-corrected chi connectivity index (χ2v) is 3.28. The van der Waals surface area contributed by atoms with Gasteiger partial charge in [-0.3, -0.25) is 4.90 Å². The first-order valence-electron chi connectivity index (χ1n) is 4.43. The number of carbonyl (C=O) groups is 1. The fourth-order valence-corrected chi connectivity index (χ4v) is 1.88. The lowest BCUT2D eigenvalue weighted by molar-refractivity contribution is 0.100. The van der Waals surface area contributed by atoms with Crippen LogP contribution < -0.4 is 0 Å². The van der Waals surface area contributed by atoms with E-state index in [1.54, 1.807) is 6.08 Å². The zero-order chi connectivity index (χ0) is 9.84. The summed E-state index contributed by atoms with van der Waals surface area (Å²) in [6.07, 6.45) is 3.02. The lowest BCUT2D eigenvalue weighted by Gasteiger charge is -2.25. The Morgan fingerprint density at radius 1 is 1.54 bits per heavy atom. The van der Waals surface area contributed by atoms with Gasteiger partial charge in [-0.2, -0.15) is 0 Å². The summed E-state index contributed by atoms with van der Waals surface area (Å²) in [5.41, 5.74) is 0. The van der Waals surface area contributed by atoms with E-state index in [9.17, 15) is 4.79 Å². The Hall–Kier alpha value is -1.03. The summed E-state index contributed by atoms with van der Waals surface area (Å²) < 4.78 is 0. The normalized spacial score (nSPS) is 27.6. The molecule has 0 spiro atoms. The molecule has 0 aromatic rings. The zero-order valence-electron chi connectivity index (χ0n) is 7.52. The molecule has 1 aliphatic heterocycles. The van der Waals surface area contributed by atoms with E-state index in [0.717, 1.165) is 12.8 Å². The van der Waals surface area contributed by atoms with Gasteiger partial charge in [0.25, 0.3) is 0 Å². The summed E-state index contributed by atoms with van der Waals surface area (Å²) >= 11 is 0. The molecule has 1 fully saturated rings. The number of hydrogen-bond acceptors (Lipinski definition) is 2. The second-order valence-electron chi connectivity index (χ2n) is 3.28. The number of amides is 1. The molecule has 4 nitrogen and oxygen atoms in total. The Labute approximate surface area is 77.5 Å². The van der Waals surface area contributed by atoms with Gasteiger partial charge < -0.3 is 10.2 Å². The van der Waals surface area contributed by atoms with Crippen LogP contribution in [-0.4, -0.2) is 39.9 Å². The summed E-state index contributed by atoms with van der Waals surface area (Å²) in [6.45, 7) is 3.50. The van der Waals surface area contributed by atoms with Crippen molar-refractivity contribution in [3.63, 3.8) is 0 Å². The molecule has 0 bridgehead atoms. The van der Waals surface area contributed by atoms with Crippen LogP contribution in [0.5, 0.6) is 0 Å². The van der Waals surface area contributed by atoms with Crippen molar-refractivity contribution in [2.24, 2.45) is 0 Å². The van der Waals surface area contributed by atoms with Crippen LogP contribution >= 0.6 is 0 Å². The van der Waals surface area contributed by atoms with Gasteiger partial charge in [-0.15, -0.1) is 6.58 Å². The molecule has 4 heteroatoms. The van der Waals surface area contributed by atoms with Crippen molar-refractivity contribution in [2.75, 3.05) is 6.61 Å². The first-order valence-corrected chi connectivity index (χ1v) is 4.43. The second kappa shape index (κ2) is 4.28. The molecule has 1 saturated heterocycles. The van der Waals surface area contributed by atoms with Crippen molar-refractivity contribution < 1.29 is 15.0 Å². The van der Waals surface area contributed by atoms with E-state index < -0.39 is 6.09 Å². The van der Waals surface area contributed by atoms with Crippen LogP contribution in [0.15, 0.2) is 12.7 Å². The molecule has 0 aliphatic carbocycles. The fraction of sp³-hybridized carbons (Fsp3) is 0.667. The van der Waals surface area contributed by atoms with E-state index in [4.69, 9.17) is 10.2 Å². The molecule has 1 rings (SSSR count). The molecule has 0 radical (unpaired) electrons. The highest BCUT2D eigenvalue weighted by Crippen LogP contribution is 2.26. The maximum Gasteiger partial charge on any atom is 0.407 e. The molecule has 0 aromatic carbocycles. The van der Waals surface area contributed by atoms with E-state index in [1.165, 1.54) is 4.90 Å². The summed E-state index contributed by atoms with van der Waals surface area (Å²) in [6, 6.07) is -0.213. The summed E-state index contributed by atoms with van der Waals surface area (Å²) in [5, 5.41) is 17.8. The van der Waals surface area contributed by atoms with Crippen molar-refractivity contribution in [3.05, 3.63) is 12.7 Å². The standard InChI is InChI=1S/C9H15NO3/c1-2-3-7-4-5-8(6-11)10(7)9(12)13/h2,7-8,11H,1,3-6H2,(H,12,13)/t7-,8-/m0/s1. The molecular formula is C9H15NO3. The van der Waals surface area contributed by atoms with Gasteiger partial charge in [0.15, 0.2) is 0 Å². The van der Waals surface area contributed by atoms with E-state index in [1.807, 2.05) is 0 Å². The van der Waals surface area contributed by atoms with E-state index >= 15 is 0 Å². The SMILES string of the molecule is C=CC[C@H]1CC[C@@H](CO)N1C(=O)O. The number of aliphatic hydroxyl groups excluding tert-OH is 1. The van der Waals surface area contributed by atoms with Gasteiger partial charge in [0.1, 0.15) is 0 Å². The summed E-state index contributed by atoms with van der Waals surface area (Å²) in [7, 11) is 0. The van der Waals surface area contributed by atoms with Crippen LogP contribution in [-0.2, 0) is 0 Å². The van der Waals surface area contributed by atoms with Gasteiger partial charge in [0.05, 0.1) is 12.6 Å². The van der Waals surface area contributed by atoms with E-state index in [2.05, 4.69) is 6.58 Å². The number of nitrogens with zero attached hydrogens (tertiary/aromatic N) is 1. The third kappa shape index (κ3) is 2.01. The van der Waals surface area contributed by atoms with E-state index in [-0.39, 0.29) is 18.7 Å². The number of hydrogen-bond donors (Lipinski definition) is 2. The molecule has 2 atom stereocenters. The van der Waals surface area contributed by atoms with Crippen LogP contribution in [0.3, 0.4) is 0 Å².